The summed E-state index contributed by atoms with van der Waals surface area (Å²) in [5.41, 5.74) is 1.87. The largest absolute Gasteiger partial charge is 0.274 e. The second kappa shape index (κ2) is 5.54. The number of hydrogen-bond donors (Lipinski definition) is 1. The number of rotatable bonds is 4. The Labute approximate surface area is 116 Å². The van der Waals surface area contributed by atoms with Gasteiger partial charge in [-0.15, -0.1) is 0 Å². The van der Waals surface area contributed by atoms with Gasteiger partial charge in [0.15, 0.2) is 0 Å². The van der Waals surface area contributed by atoms with E-state index in [1.165, 1.54) is 22.8 Å². The van der Waals surface area contributed by atoms with Crippen LogP contribution in [0.25, 0.3) is 0 Å². The Morgan fingerprint density at radius 3 is 2.47 bits per heavy atom. The fraction of sp³-hybridized carbons (Fsp3) is 0.154. The van der Waals surface area contributed by atoms with Crippen molar-refractivity contribution in [1.29, 1.82) is 0 Å². The first-order valence-electron chi connectivity index (χ1n) is 5.61. The van der Waals surface area contributed by atoms with Crippen LogP contribution in [0.1, 0.15) is 11.1 Å². The van der Waals surface area contributed by atoms with E-state index < -0.39 is 15.9 Å². The summed E-state index contributed by atoms with van der Waals surface area (Å²) >= 11 is 1.27. The molecule has 1 aromatic carbocycles. The van der Waals surface area contributed by atoms with Gasteiger partial charge in [0.1, 0.15) is 0 Å². The zero-order chi connectivity index (χ0) is 13.9. The molecule has 1 aromatic heterocycles. The van der Waals surface area contributed by atoms with Crippen molar-refractivity contribution < 1.29 is 13.2 Å². The van der Waals surface area contributed by atoms with Gasteiger partial charge < -0.3 is 0 Å². The first-order chi connectivity index (χ1) is 8.97. The molecular formula is C13H13NO3S2. The molecular weight excluding hydrogens is 282 g/mol. The van der Waals surface area contributed by atoms with E-state index in [0.29, 0.717) is 0 Å². The number of thiophene rings is 1. The molecule has 0 bridgehead atoms. The first-order valence-corrected chi connectivity index (χ1v) is 8.03. The van der Waals surface area contributed by atoms with Crippen molar-refractivity contribution >= 4 is 27.3 Å². The zero-order valence-corrected chi connectivity index (χ0v) is 11.9. The second-order valence-electron chi connectivity index (χ2n) is 4.15. The average Bonchev–Trinajstić information content (AvgIpc) is 2.85. The van der Waals surface area contributed by atoms with Crippen molar-refractivity contribution in [2.75, 3.05) is 0 Å². The molecule has 0 spiro atoms. The molecule has 1 N–H and O–H groups in total. The van der Waals surface area contributed by atoms with E-state index in [2.05, 4.69) is 4.72 Å². The van der Waals surface area contributed by atoms with Crippen LogP contribution in [0.5, 0.6) is 0 Å². The van der Waals surface area contributed by atoms with Crippen LogP contribution in [0.4, 0.5) is 0 Å². The molecule has 0 radical (unpaired) electrons. The maximum absolute atomic E-state index is 11.8. The van der Waals surface area contributed by atoms with Gasteiger partial charge in [-0.25, -0.2) is 13.1 Å². The third-order valence-corrected chi connectivity index (χ3v) is 4.74. The lowest BCUT2D eigenvalue weighted by molar-refractivity contribution is -0.118. The van der Waals surface area contributed by atoms with Crippen LogP contribution in [0.2, 0.25) is 0 Å². The molecule has 19 heavy (non-hydrogen) atoms. The number of benzene rings is 1. The molecule has 0 saturated heterocycles. The molecule has 0 atom stereocenters. The Kier molecular flexibility index (Phi) is 4.01. The number of sulfonamides is 1. The van der Waals surface area contributed by atoms with Crippen LogP contribution < -0.4 is 4.72 Å². The summed E-state index contributed by atoms with van der Waals surface area (Å²) in [6, 6.07) is 8.86. The number of aryl methyl sites for hydroxylation is 1. The van der Waals surface area contributed by atoms with E-state index in [1.807, 2.05) is 31.2 Å². The average molecular weight is 295 g/mol. The molecule has 2 aromatic rings. The fourth-order valence-electron chi connectivity index (χ4n) is 1.54. The van der Waals surface area contributed by atoms with Crippen LogP contribution in [0, 0.1) is 6.92 Å². The highest BCUT2D eigenvalue weighted by Crippen LogP contribution is 2.13. The first kappa shape index (κ1) is 13.8. The van der Waals surface area contributed by atoms with Gasteiger partial charge >= 0.3 is 0 Å². The molecule has 1 heterocycles. The summed E-state index contributed by atoms with van der Waals surface area (Å²) in [6.45, 7) is 1.95. The van der Waals surface area contributed by atoms with Crippen molar-refractivity contribution in [2.45, 2.75) is 18.2 Å². The fourth-order valence-corrected chi connectivity index (χ4v) is 3.55. The van der Waals surface area contributed by atoms with Crippen LogP contribution in [0.3, 0.4) is 0 Å². The lowest BCUT2D eigenvalue weighted by atomic mass is 10.1. The van der Waals surface area contributed by atoms with E-state index in [1.54, 1.807) is 5.38 Å². The third-order valence-electron chi connectivity index (χ3n) is 2.54. The van der Waals surface area contributed by atoms with Gasteiger partial charge in [0.05, 0.1) is 11.3 Å². The van der Waals surface area contributed by atoms with Gasteiger partial charge in [-0.3, -0.25) is 4.79 Å². The van der Waals surface area contributed by atoms with Crippen LogP contribution in [-0.4, -0.2) is 14.3 Å². The summed E-state index contributed by atoms with van der Waals surface area (Å²) in [4.78, 5) is 11.8. The number of carbonyl (C=O) groups excluding carboxylic acids is 1. The Bertz CT molecular complexity index is 658. The van der Waals surface area contributed by atoms with E-state index in [9.17, 15) is 13.2 Å². The molecule has 0 aliphatic carbocycles. The molecule has 4 nitrogen and oxygen atoms in total. The van der Waals surface area contributed by atoms with Gasteiger partial charge in [-0.05, 0) is 23.9 Å². The standard InChI is InChI=1S/C13H13NO3S2/c1-10-2-4-11(5-3-10)8-13(15)14-19(16,17)12-6-7-18-9-12/h2-7,9H,8H2,1H3,(H,14,15). The quantitative estimate of drug-likeness (QED) is 0.939. The summed E-state index contributed by atoms with van der Waals surface area (Å²) < 4.78 is 25.7. The molecule has 0 aliphatic rings. The second-order valence-corrected chi connectivity index (χ2v) is 6.61. The van der Waals surface area contributed by atoms with Crippen LogP contribution in [-0.2, 0) is 21.2 Å². The van der Waals surface area contributed by atoms with E-state index in [0.717, 1.165) is 11.1 Å². The highest BCUT2D eigenvalue weighted by molar-refractivity contribution is 7.90. The van der Waals surface area contributed by atoms with Gasteiger partial charge in [0, 0.05) is 5.38 Å². The molecule has 100 valence electrons. The summed E-state index contributed by atoms with van der Waals surface area (Å²) in [6.07, 6.45) is 0.0453. The van der Waals surface area contributed by atoms with Gasteiger partial charge in [0.25, 0.3) is 10.0 Å². The third kappa shape index (κ3) is 3.65. The summed E-state index contributed by atoms with van der Waals surface area (Å²) in [5, 5.41) is 3.14. The van der Waals surface area contributed by atoms with Crippen molar-refractivity contribution in [3.63, 3.8) is 0 Å². The van der Waals surface area contributed by atoms with Gasteiger partial charge in [-0.2, -0.15) is 11.3 Å². The Morgan fingerprint density at radius 1 is 1.21 bits per heavy atom. The molecule has 0 aliphatic heterocycles. The maximum atomic E-state index is 11.8. The van der Waals surface area contributed by atoms with Crippen molar-refractivity contribution in [3.05, 3.63) is 52.2 Å². The molecule has 2 rings (SSSR count). The summed E-state index contributed by atoms with van der Waals surface area (Å²) in [7, 11) is -3.73. The number of nitrogens with one attached hydrogen (secondary N) is 1. The lowest BCUT2D eigenvalue weighted by Gasteiger charge is -2.05. The Balaban J connectivity index is 2.04. The highest BCUT2D eigenvalue weighted by atomic mass is 32.2. The predicted octanol–water partition coefficient (Wildman–Crippen LogP) is 2.10. The monoisotopic (exact) mass is 295 g/mol. The van der Waals surface area contributed by atoms with Gasteiger partial charge in [0.2, 0.25) is 5.91 Å². The minimum atomic E-state index is -3.73. The molecule has 0 unspecified atom stereocenters. The van der Waals surface area contributed by atoms with Crippen LogP contribution >= 0.6 is 11.3 Å². The lowest BCUT2D eigenvalue weighted by Crippen LogP contribution is -2.31. The minimum absolute atomic E-state index is 0.0453. The highest BCUT2D eigenvalue weighted by Gasteiger charge is 2.17. The topological polar surface area (TPSA) is 63.2 Å². The normalized spacial score (nSPS) is 11.2. The maximum Gasteiger partial charge on any atom is 0.264 e. The summed E-state index contributed by atoms with van der Waals surface area (Å²) in [5.74, 6) is -0.532. The number of carbonyl (C=O) groups is 1. The van der Waals surface area contributed by atoms with E-state index in [4.69, 9.17) is 0 Å². The van der Waals surface area contributed by atoms with Crippen molar-refractivity contribution in [3.8, 4) is 0 Å². The number of hydrogen-bond acceptors (Lipinski definition) is 4. The minimum Gasteiger partial charge on any atom is -0.274 e. The zero-order valence-electron chi connectivity index (χ0n) is 10.3. The molecule has 6 heteroatoms. The van der Waals surface area contributed by atoms with E-state index >= 15 is 0 Å². The van der Waals surface area contributed by atoms with Crippen LogP contribution in [0.15, 0.2) is 46.0 Å². The molecule has 1 amide bonds. The number of amides is 1. The molecule has 0 fully saturated rings. The SMILES string of the molecule is Cc1ccc(CC(=O)NS(=O)(=O)c2ccsc2)cc1. The van der Waals surface area contributed by atoms with Crippen molar-refractivity contribution in [1.82, 2.24) is 4.72 Å². The van der Waals surface area contributed by atoms with Gasteiger partial charge in [-0.1, -0.05) is 29.8 Å². The van der Waals surface area contributed by atoms with Crippen molar-refractivity contribution in [2.24, 2.45) is 0 Å². The smallest absolute Gasteiger partial charge is 0.264 e. The molecule has 0 saturated carbocycles. The Morgan fingerprint density at radius 2 is 1.89 bits per heavy atom. The Hall–Kier alpha value is -1.66. The van der Waals surface area contributed by atoms with E-state index in [-0.39, 0.29) is 11.3 Å². The predicted molar refractivity (Wildman–Crippen MR) is 74.5 cm³/mol.